The normalized spacial score (nSPS) is 30.9. The summed E-state index contributed by atoms with van der Waals surface area (Å²) in [6.45, 7) is 1.36. The highest BCUT2D eigenvalue weighted by atomic mass is 35.5. The molecule has 3 aliphatic rings. The van der Waals surface area contributed by atoms with Crippen molar-refractivity contribution in [1.29, 1.82) is 0 Å². The van der Waals surface area contributed by atoms with Crippen LogP contribution < -0.4 is 5.73 Å². The molecule has 1 aromatic carbocycles. The Hall–Kier alpha value is -1.59. The number of nitrogens with two attached hydrogens (primary N) is 1. The second-order valence-electron chi connectivity index (χ2n) is 8.27. The first-order valence-electron chi connectivity index (χ1n) is 10.2. The lowest BCUT2D eigenvalue weighted by Gasteiger charge is -2.37. The fraction of sp³-hybridized carbons (Fsp3) is 0.619. The topological polar surface area (TPSA) is 66.6 Å². The first kappa shape index (κ1) is 18.8. The maximum absolute atomic E-state index is 13.4. The Kier molecular flexibility index (Phi) is 5.42. The third-order valence-electron chi connectivity index (χ3n) is 6.47. The smallest absolute Gasteiger partial charge is 0.254 e. The molecular weight excluding hydrogens is 362 g/mol. The van der Waals surface area contributed by atoms with Gasteiger partial charge in [0.05, 0.1) is 0 Å². The molecule has 146 valence electrons. The summed E-state index contributed by atoms with van der Waals surface area (Å²) in [5, 5.41) is 0.610. The van der Waals surface area contributed by atoms with Crippen LogP contribution in [0.4, 0.5) is 0 Å². The Labute approximate surface area is 165 Å². The number of halogens is 1. The maximum Gasteiger partial charge on any atom is 0.254 e. The molecule has 6 heteroatoms. The Balaban J connectivity index is 1.61. The van der Waals surface area contributed by atoms with Crippen LogP contribution in [0, 0.1) is 5.92 Å². The van der Waals surface area contributed by atoms with Gasteiger partial charge in [-0.05, 0) is 62.3 Å². The molecule has 1 aromatic rings. The highest BCUT2D eigenvalue weighted by Crippen LogP contribution is 2.41. The van der Waals surface area contributed by atoms with Gasteiger partial charge in [0.1, 0.15) is 6.04 Å². The van der Waals surface area contributed by atoms with Crippen molar-refractivity contribution in [2.45, 2.75) is 63.1 Å². The highest BCUT2D eigenvalue weighted by molar-refractivity contribution is 6.30. The quantitative estimate of drug-likeness (QED) is 0.845. The van der Waals surface area contributed by atoms with Crippen LogP contribution in [0.3, 0.4) is 0 Å². The van der Waals surface area contributed by atoms with Gasteiger partial charge in [0.15, 0.2) is 0 Å². The minimum atomic E-state index is -0.355. The van der Waals surface area contributed by atoms with Crippen LogP contribution in [0.25, 0.3) is 0 Å². The van der Waals surface area contributed by atoms with Gasteiger partial charge in [0.25, 0.3) is 5.91 Å². The van der Waals surface area contributed by atoms with E-state index in [9.17, 15) is 9.59 Å². The second kappa shape index (κ2) is 7.80. The monoisotopic (exact) mass is 389 g/mol. The Morgan fingerprint density at radius 1 is 1.04 bits per heavy atom. The molecule has 1 saturated carbocycles. The number of hydrogen-bond donors (Lipinski definition) is 1. The second-order valence-corrected chi connectivity index (χ2v) is 8.71. The minimum Gasteiger partial charge on any atom is -0.339 e. The van der Waals surface area contributed by atoms with E-state index in [4.69, 9.17) is 17.3 Å². The number of hydrogen-bond acceptors (Lipinski definition) is 3. The van der Waals surface area contributed by atoms with Crippen molar-refractivity contribution >= 4 is 23.4 Å². The molecule has 3 fully saturated rings. The van der Waals surface area contributed by atoms with Gasteiger partial charge in [0, 0.05) is 35.8 Å². The number of benzene rings is 1. The number of amides is 2. The Bertz CT molecular complexity index is 708. The van der Waals surface area contributed by atoms with E-state index in [1.807, 2.05) is 9.80 Å². The molecule has 4 unspecified atom stereocenters. The van der Waals surface area contributed by atoms with Crippen molar-refractivity contribution in [3.05, 3.63) is 34.9 Å². The van der Waals surface area contributed by atoms with E-state index < -0.39 is 0 Å². The van der Waals surface area contributed by atoms with Gasteiger partial charge < -0.3 is 15.5 Å². The zero-order valence-corrected chi connectivity index (χ0v) is 16.4. The summed E-state index contributed by atoms with van der Waals surface area (Å²) < 4.78 is 0. The van der Waals surface area contributed by atoms with E-state index in [1.54, 1.807) is 24.3 Å². The lowest BCUT2D eigenvalue weighted by atomic mass is 9.84. The van der Waals surface area contributed by atoms with Crippen molar-refractivity contribution in [2.24, 2.45) is 11.7 Å². The van der Waals surface area contributed by atoms with Gasteiger partial charge in [-0.25, -0.2) is 0 Å². The summed E-state index contributed by atoms with van der Waals surface area (Å²) in [5.74, 6) is 0.477. The van der Waals surface area contributed by atoms with Crippen molar-refractivity contribution in [1.82, 2.24) is 9.80 Å². The van der Waals surface area contributed by atoms with Gasteiger partial charge in [-0.2, -0.15) is 0 Å². The molecule has 4 rings (SSSR count). The minimum absolute atomic E-state index is 0.0410. The number of nitrogens with zero attached hydrogens (tertiary/aromatic N) is 2. The van der Waals surface area contributed by atoms with E-state index >= 15 is 0 Å². The van der Waals surface area contributed by atoms with E-state index in [0.29, 0.717) is 23.0 Å². The summed E-state index contributed by atoms with van der Waals surface area (Å²) in [6, 6.07) is 6.87. The molecule has 27 heavy (non-hydrogen) atoms. The zero-order valence-electron chi connectivity index (χ0n) is 15.6. The van der Waals surface area contributed by atoms with E-state index in [2.05, 4.69) is 0 Å². The number of rotatable bonds is 2. The lowest BCUT2D eigenvalue weighted by molar-refractivity contribution is -0.136. The van der Waals surface area contributed by atoms with E-state index in [-0.39, 0.29) is 29.9 Å². The molecular formula is C21H28ClN3O2. The van der Waals surface area contributed by atoms with Crippen molar-refractivity contribution in [3.8, 4) is 0 Å². The lowest BCUT2D eigenvalue weighted by Crippen LogP contribution is -2.54. The molecule has 4 atom stereocenters. The third-order valence-corrected chi connectivity index (χ3v) is 6.72. The molecule has 1 aliphatic carbocycles. The average molecular weight is 390 g/mol. The molecule has 2 aliphatic heterocycles. The van der Waals surface area contributed by atoms with Gasteiger partial charge in [-0.15, -0.1) is 0 Å². The van der Waals surface area contributed by atoms with Crippen LogP contribution in [0.15, 0.2) is 24.3 Å². The summed E-state index contributed by atoms with van der Waals surface area (Å²) in [4.78, 5) is 30.5. The maximum atomic E-state index is 13.4. The van der Waals surface area contributed by atoms with Crippen molar-refractivity contribution in [2.75, 3.05) is 13.1 Å². The first-order chi connectivity index (χ1) is 13.0. The van der Waals surface area contributed by atoms with Crippen molar-refractivity contribution in [3.63, 3.8) is 0 Å². The van der Waals surface area contributed by atoms with Gasteiger partial charge in [0.2, 0.25) is 5.91 Å². The Morgan fingerprint density at radius 3 is 2.52 bits per heavy atom. The summed E-state index contributed by atoms with van der Waals surface area (Å²) in [7, 11) is 0. The first-order valence-corrected chi connectivity index (χ1v) is 10.5. The van der Waals surface area contributed by atoms with Crippen LogP contribution in [-0.2, 0) is 4.79 Å². The van der Waals surface area contributed by atoms with Gasteiger partial charge in [-0.3, -0.25) is 9.59 Å². The van der Waals surface area contributed by atoms with Crippen LogP contribution in [0.2, 0.25) is 5.02 Å². The zero-order chi connectivity index (χ0) is 19.0. The summed E-state index contributed by atoms with van der Waals surface area (Å²) >= 11 is 5.98. The van der Waals surface area contributed by atoms with Gasteiger partial charge >= 0.3 is 0 Å². The number of likely N-dealkylation sites (tertiary alicyclic amines) is 2. The molecule has 2 amide bonds. The molecule has 0 radical (unpaired) electrons. The fourth-order valence-electron chi connectivity index (χ4n) is 5.14. The molecule has 2 saturated heterocycles. The number of fused-ring (bicyclic) bond motifs is 1. The number of piperidine rings is 1. The van der Waals surface area contributed by atoms with Crippen molar-refractivity contribution < 1.29 is 9.59 Å². The molecule has 0 aromatic heterocycles. The van der Waals surface area contributed by atoms with Crippen LogP contribution in [0.5, 0.6) is 0 Å². The summed E-state index contributed by atoms with van der Waals surface area (Å²) in [5.41, 5.74) is 6.70. The summed E-state index contributed by atoms with van der Waals surface area (Å²) in [6.07, 6.45) is 7.12. The average Bonchev–Trinajstić information content (AvgIpc) is 3.07. The fourth-order valence-corrected chi connectivity index (χ4v) is 5.26. The predicted molar refractivity (Wildman–Crippen MR) is 106 cm³/mol. The van der Waals surface area contributed by atoms with E-state index in [1.165, 1.54) is 6.42 Å². The van der Waals surface area contributed by atoms with Crippen LogP contribution in [-0.4, -0.2) is 52.8 Å². The number of carbonyl (C=O) groups is 2. The van der Waals surface area contributed by atoms with Gasteiger partial charge in [-0.1, -0.05) is 24.4 Å². The molecule has 5 nitrogen and oxygen atoms in total. The van der Waals surface area contributed by atoms with E-state index in [0.717, 1.165) is 45.1 Å². The molecule has 0 bridgehead atoms. The largest absolute Gasteiger partial charge is 0.339 e. The van der Waals surface area contributed by atoms with Crippen LogP contribution >= 0.6 is 11.6 Å². The SMILES string of the molecule is NC1CCCN(C(=O)C2CC3CCCCC3N2C(=O)c2ccc(Cl)cc2)C1. The predicted octanol–water partition coefficient (Wildman–Crippen LogP) is 3.06. The molecule has 2 N–H and O–H groups in total. The van der Waals surface area contributed by atoms with Crippen LogP contribution in [0.1, 0.15) is 55.3 Å². The third kappa shape index (κ3) is 3.72. The highest BCUT2D eigenvalue weighted by Gasteiger charge is 2.48. The molecule has 2 heterocycles. The standard InChI is InChI=1S/C21H28ClN3O2/c22-16-9-7-14(8-10-16)20(26)25-18-6-2-1-4-15(18)12-19(25)21(27)24-11-3-5-17(23)13-24/h7-10,15,17-19H,1-6,11-13,23H2. The Morgan fingerprint density at radius 2 is 1.78 bits per heavy atom. The number of carbonyl (C=O) groups excluding carboxylic acids is 2. The molecule has 0 spiro atoms.